The lowest BCUT2D eigenvalue weighted by Crippen LogP contribution is -2.56. The van der Waals surface area contributed by atoms with Crippen molar-refractivity contribution in [1.29, 1.82) is 5.26 Å². The summed E-state index contributed by atoms with van der Waals surface area (Å²) in [6.07, 6.45) is 9.36. The summed E-state index contributed by atoms with van der Waals surface area (Å²) in [4.78, 5) is 70.6. The average Bonchev–Trinajstić information content (AvgIpc) is 3.97. The van der Waals surface area contributed by atoms with E-state index in [1.165, 1.54) is 60.1 Å². The second-order valence-electron chi connectivity index (χ2n) is 19.1. The molecular weight excluding hydrogens is 846 g/mol. The minimum Gasteiger partial charge on any atom is -0.438 e. The summed E-state index contributed by atoms with van der Waals surface area (Å²) >= 11 is 1.01. The maximum absolute atomic E-state index is 16.3. The van der Waals surface area contributed by atoms with Gasteiger partial charge in [-0.3, -0.25) is 37.6 Å². The molecule has 3 saturated heterocycles. The fourth-order valence-electron chi connectivity index (χ4n) is 8.97. The molecule has 4 heterocycles. The van der Waals surface area contributed by atoms with Gasteiger partial charge < -0.3 is 24.6 Å². The number of hydrogen-bond acceptors (Lipinski definition) is 12. The van der Waals surface area contributed by atoms with Gasteiger partial charge in [-0.1, -0.05) is 51.0 Å². The van der Waals surface area contributed by atoms with Gasteiger partial charge in [-0.15, -0.1) is 11.3 Å². The van der Waals surface area contributed by atoms with Crippen LogP contribution < -0.4 is 5.32 Å². The van der Waals surface area contributed by atoms with Gasteiger partial charge >= 0.3 is 25.2 Å². The van der Waals surface area contributed by atoms with E-state index in [1.807, 2.05) is 0 Å². The molecule has 6 rings (SSSR count). The molecule has 1 saturated carbocycles. The predicted octanol–water partition coefficient (Wildman–Crippen LogP) is 8.48. The summed E-state index contributed by atoms with van der Waals surface area (Å²) < 4.78 is 66.8. The van der Waals surface area contributed by atoms with Crippen molar-refractivity contribution < 1.29 is 55.8 Å². The Labute approximate surface area is 365 Å². The molecular formula is C44H59F2N4O10PS. The number of amides is 3. The van der Waals surface area contributed by atoms with Gasteiger partial charge in [-0.2, -0.15) is 14.0 Å². The van der Waals surface area contributed by atoms with E-state index in [2.05, 4.69) is 11.4 Å². The summed E-state index contributed by atoms with van der Waals surface area (Å²) in [6, 6.07) is 5.45. The molecule has 0 radical (unpaired) electrons. The predicted molar refractivity (Wildman–Crippen MR) is 225 cm³/mol. The zero-order chi connectivity index (χ0) is 45.2. The van der Waals surface area contributed by atoms with Crippen molar-refractivity contribution >= 4 is 58.7 Å². The van der Waals surface area contributed by atoms with Gasteiger partial charge in [0.15, 0.2) is 0 Å². The van der Waals surface area contributed by atoms with Crippen LogP contribution in [0.1, 0.15) is 127 Å². The van der Waals surface area contributed by atoms with Gasteiger partial charge in [0.05, 0.1) is 27.7 Å². The monoisotopic (exact) mass is 904 g/mol. The fraction of sp³-hybridized carbons (Fsp3) is 0.682. The molecule has 1 aliphatic carbocycles. The fourth-order valence-corrected chi connectivity index (χ4v) is 11.1. The first-order valence-electron chi connectivity index (χ1n) is 21.6. The number of fused-ring (bicyclic) bond motifs is 2. The third-order valence-corrected chi connectivity index (χ3v) is 15.5. The molecule has 0 unspecified atom stereocenters. The smallest absolute Gasteiger partial charge is 0.410 e. The lowest BCUT2D eigenvalue weighted by atomic mass is 9.76. The normalized spacial score (nSPS) is 24.2. The largest absolute Gasteiger partial charge is 0.438 e. The van der Waals surface area contributed by atoms with Gasteiger partial charge in [0.25, 0.3) is 5.91 Å². The molecule has 1 aromatic heterocycles. The number of esters is 2. The highest BCUT2D eigenvalue weighted by atomic mass is 32.1. The number of carbonyl (C=O) groups is 5. The first kappa shape index (κ1) is 47.5. The molecule has 62 heavy (non-hydrogen) atoms. The summed E-state index contributed by atoms with van der Waals surface area (Å²) in [6.45, 7) is 7.76. The van der Waals surface area contributed by atoms with Crippen molar-refractivity contribution in [3.8, 4) is 6.07 Å². The number of alkyl halides is 2. The van der Waals surface area contributed by atoms with Crippen LogP contribution in [0.15, 0.2) is 24.3 Å². The molecule has 0 bridgehead atoms. The quantitative estimate of drug-likeness (QED) is 0.123. The van der Waals surface area contributed by atoms with Crippen LogP contribution in [0.25, 0.3) is 10.1 Å². The molecule has 2 aromatic rings. The number of hydrogen-bond donors (Lipinski definition) is 1. The summed E-state index contributed by atoms with van der Waals surface area (Å²) in [5.74, 6) is -2.39. The number of thiophene rings is 1. The Balaban J connectivity index is 1.17. The molecule has 18 heteroatoms. The topological polar surface area (TPSA) is 182 Å². The van der Waals surface area contributed by atoms with Crippen molar-refractivity contribution in [2.45, 2.75) is 136 Å². The molecule has 3 aliphatic heterocycles. The summed E-state index contributed by atoms with van der Waals surface area (Å²) in [7, 11) is -5.58. The number of benzene rings is 1. The van der Waals surface area contributed by atoms with Crippen LogP contribution >= 0.6 is 18.9 Å². The van der Waals surface area contributed by atoms with E-state index in [0.29, 0.717) is 49.4 Å². The van der Waals surface area contributed by atoms with E-state index in [0.717, 1.165) is 62.0 Å². The van der Waals surface area contributed by atoms with E-state index < -0.39 is 73.2 Å². The van der Waals surface area contributed by atoms with Crippen LogP contribution in [0.3, 0.4) is 0 Å². The van der Waals surface area contributed by atoms with Gasteiger partial charge in [-0.25, -0.2) is 0 Å². The van der Waals surface area contributed by atoms with E-state index in [1.54, 1.807) is 9.80 Å². The minimum absolute atomic E-state index is 0.126. The maximum atomic E-state index is 16.3. The number of likely N-dealkylation sites (tertiary alicyclic amines) is 1. The molecule has 0 spiro atoms. The first-order valence-corrected chi connectivity index (χ1v) is 24.0. The lowest BCUT2D eigenvalue weighted by molar-refractivity contribution is -0.163. The van der Waals surface area contributed by atoms with Gasteiger partial charge in [0.1, 0.15) is 12.1 Å². The van der Waals surface area contributed by atoms with Crippen LogP contribution in [-0.2, 0) is 47.9 Å². The summed E-state index contributed by atoms with van der Waals surface area (Å²) in [5, 5.41) is 13.1. The third-order valence-electron chi connectivity index (χ3n) is 12.5. The molecule has 5 atom stereocenters. The third kappa shape index (κ3) is 10.4. The Morgan fingerprint density at radius 2 is 1.47 bits per heavy atom. The van der Waals surface area contributed by atoms with Crippen molar-refractivity contribution in [3.05, 3.63) is 34.7 Å². The molecule has 1 N–H and O–H groups in total. The van der Waals surface area contributed by atoms with E-state index >= 15 is 8.78 Å². The van der Waals surface area contributed by atoms with Gasteiger partial charge in [0.2, 0.25) is 25.4 Å². The van der Waals surface area contributed by atoms with E-state index in [4.69, 9.17) is 18.5 Å². The van der Waals surface area contributed by atoms with E-state index in [-0.39, 0.29) is 40.0 Å². The standard InChI is InChI=1S/C44H59F2N4O10PS/c1-42(2,3)40(54)57-25-59-61(56,60-26-58-41(55)43(4,5)6)44(45,46)30-16-19-35-28(20-30)21-36(62-35)37(51)48-33-15-11-10-14-31-17-18-34(50(31)38(33)52)39(53)49-23-29(22-47)32(24-49)27-12-8-7-9-13-27/h16,19-21,27,29,31-34H,7-15,17-18,23-26H2,1-6H3,(H,48,51)/t29-,31+,32+,33+,34+/m1/s1. The highest BCUT2D eigenvalue weighted by Gasteiger charge is 2.56. The zero-order valence-electron chi connectivity index (χ0n) is 36.4. The van der Waals surface area contributed by atoms with Crippen molar-refractivity contribution in [2.75, 3.05) is 26.7 Å². The first-order chi connectivity index (χ1) is 29.1. The Hall–Kier alpha value is -3.97. The van der Waals surface area contributed by atoms with Gasteiger partial charge in [-0.05, 0) is 103 Å². The minimum atomic E-state index is -5.58. The molecule has 14 nitrogen and oxygen atoms in total. The lowest BCUT2D eigenvalue weighted by Gasteiger charge is -2.36. The van der Waals surface area contributed by atoms with Crippen LogP contribution in [0, 0.1) is 39.9 Å². The molecule has 1 aromatic carbocycles. The number of nitriles is 1. The Kier molecular flexibility index (Phi) is 14.6. The summed E-state index contributed by atoms with van der Waals surface area (Å²) in [5.41, 5.74) is -7.22. The van der Waals surface area contributed by atoms with Crippen molar-refractivity contribution in [1.82, 2.24) is 15.1 Å². The van der Waals surface area contributed by atoms with Crippen LogP contribution in [0.4, 0.5) is 8.78 Å². The SMILES string of the molecule is CC(C)(C)C(=O)OCOP(=O)(OCOC(=O)C(C)(C)C)C(F)(F)c1ccc2sc(C(=O)N[C@H]3CCCC[C@H]4CC[C@@H](C(=O)N5C[C@@H](C#N)[C@H](C6CCCCC6)C5)N4C3=O)cc2c1. The number of halogens is 2. The Morgan fingerprint density at radius 1 is 0.855 bits per heavy atom. The Morgan fingerprint density at radius 3 is 2.08 bits per heavy atom. The second-order valence-corrected chi connectivity index (χ2v) is 22.3. The van der Waals surface area contributed by atoms with Crippen molar-refractivity contribution in [2.24, 2.45) is 28.6 Å². The second kappa shape index (κ2) is 19.0. The van der Waals surface area contributed by atoms with Gasteiger partial charge in [0, 0.05) is 29.4 Å². The number of rotatable bonds is 12. The molecule has 340 valence electrons. The van der Waals surface area contributed by atoms with Crippen LogP contribution in [0.5, 0.6) is 0 Å². The maximum Gasteiger partial charge on any atom is 0.410 e. The number of nitrogens with zero attached hydrogens (tertiary/aromatic N) is 3. The number of nitrogens with one attached hydrogen (secondary N) is 1. The van der Waals surface area contributed by atoms with Crippen molar-refractivity contribution in [3.63, 3.8) is 0 Å². The number of carbonyl (C=O) groups excluding carboxylic acids is 5. The highest BCUT2D eigenvalue weighted by molar-refractivity contribution is 7.54. The molecule has 3 amide bonds. The highest BCUT2D eigenvalue weighted by Crippen LogP contribution is 2.67. The number of ether oxygens (including phenoxy) is 2. The average molecular weight is 905 g/mol. The van der Waals surface area contributed by atoms with E-state index in [9.17, 15) is 33.8 Å². The molecule has 4 fully saturated rings. The molecule has 4 aliphatic rings. The van der Waals surface area contributed by atoms with Crippen LogP contribution in [-0.4, -0.2) is 84.3 Å². The van der Waals surface area contributed by atoms with Crippen LogP contribution in [0.2, 0.25) is 0 Å². The Bertz CT molecular complexity index is 2070. The zero-order valence-corrected chi connectivity index (χ0v) is 38.1.